The minimum Gasteiger partial charge on any atom is -0.475 e. The second-order valence-electron chi connectivity index (χ2n) is 8.09. The number of rotatable bonds is 5. The third-order valence-corrected chi connectivity index (χ3v) is 5.58. The molecule has 3 fully saturated rings. The summed E-state index contributed by atoms with van der Waals surface area (Å²) in [4.78, 5) is 27.9. The van der Waals surface area contributed by atoms with Crippen LogP contribution in [0.5, 0.6) is 0 Å². The summed E-state index contributed by atoms with van der Waals surface area (Å²) < 4.78 is 37.5. The molecule has 2 saturated heterocycles. The molecule has 0 unspecified atom stereocenters. The van der Waals surface area contributed by atoms with E-state index in [0.717, 1.165) is 51.4 Å². The Labute approximate surface area is 172 Å². The number of nitrogens with one attached hydrogen (secondary N) is 1. The van der Waals surface area contributed by atoms with Crippen molar-refractivity contribution in [3.05, 3.63) is 30.1 Å². The Morgan fingerprint density at radius 3 is 2.57 bits per heavy atom. The summed E-state index contributed by atoms with van der Waals surface area (Å²) in [5.74, 6) is -1.04. The molecule has 2 aliphatic heterocycles. The number of aromatic nitrogens is 1. The maximum atomic E-state index is 12.1. The van der Waals surface area contributed by atoms with Gasteiger partial charge < -0.3 is 15.2 Å². The number of carboxylic acids is 1. The lowest BCUT2D eigenvalue weighted by Gasteiger charge is -2.32. The van der Waals surface area contributed by atoms with Crippen LogP contribution in [-0.4, -0.2) is 65.4 Å². The summed E-state index contributed by atoms with van der Waals surface area (Å²) in [6.45, 7) is 4.59. The normalized spacial score (nSPS) is 26.3. The van der Waals surface area contributed by atoms with Gasteiger partial charge in [-0.05, 0) is 42.7 Å². The molecule has 2 N–H and O–H groups in total. The van der Waals surface area contributed by atoms with Crippen molar-refractivity contribution in [3.8, 4) is 0 Å². The molecule has 0 aromatic carbocycles. The van der Waals surface area contributed by atoms with Gasteiger partial charge in [0.15, 0.2) is 0 Å². The quantitative estimate of drug-likeness (QED) is 0.745. The number of hydrogen-bond acceptors (Lipinski definition) is 5. The molecule has 1 saturated carbocycles. The number of carbonyl (C=O) groups is 2. The fourth-order valence-corrected chi connectivity index (χ4v) is 4.01. The van der Waals surface area contributed by atoms with Crippen molar-refractivity contribution < 1.29 is 32.6 Å². The van der Waals surface area contributed by atoms with Crippen LogP contribution < -0.4 is 5.32 Å². The first kappa shape index (κ1) is 22.5. The number of ether oxygens (including phenoxy) is 1. The van der Waals surface area contributed by atoms with Crippen LogP contribution in [0.25, 0.3) is 0 Å². The van der Waals surface area contributed by atoms with Crippen molar-refractivity contribution in [2.75, 3.05) is 26.3 Å². The Morgan fingerprint density at radius 2 is 1.97 bits per heavy atom. The van der Waals surface area contributed by atoms with Gasteiger partial charge in [0.2, 0.25) is 5.91 Å². The van der Waals surface area contributed by atoms with Gasteiger partial charge in [-0.2, -0.15) is 13.2 Å². The lowest BCUT2D eigenvalue weighted by Crippen LogP contribution is -2.38. The molecule has 30 heavy (non-hydrogen) atoms. The van der Waals surface area contributed by atoms with Gasteiger partial charge in [-0.15, -0.1) is 0 Å². The van der Waals surface area contributed by atoms with Crippen LogP contribution in [0, 0.1) is 17.8 Å². The largest absolute Gasteiger partial charge is 0.490 e. The minimum atomic E-state index is -5.08. The number of halogens is 3. The number of fused-ring (bicyclic) bond motifs is 1. The Morgan fingerprint density at radius 1 is 1.23 bits per heavy atom. The number of nitrogens with zero attached hydrogens (tertiary/aromatic N) is 2. The number of carbonyl (C=O) groups excluding carboxylic acids is 1. The Kier molecular flexibility index (Phi) is 7.30. The van der Waals surface area contributed by atoms with Crippen molar-refractivity contribution in [2.45, 2.75) is 38.0 Å². The number of alkyl halides is 3. The first-order valence-electron chi connectivity index (χ1n) is 10.0. The molecule has 166 valence electrons. The zero-order valence-corrected chi connectivity index (χ0v) is 16.5. The highest BCUT2D eigenvalue weighted by atomic mass is 19.4. The minimum absolute atomic E-state index is 0.213. The van der Waals surface area contributed by atoms with E-state index < -0.39 is 12.1 Å². The zero-order chi connectivity index (χ0) is 21.7. The number of carboxylic acid groups (broad SMARTS) is 1. The van der Waals surface area contributed by atoms with Crippen LogP contribution in [0.4, 0.5) is 13.2 Å². The first-order chi connectivity index (χ1) is 14.2. The fourth-order valence-electron chi connectivity index (χ4n) is 4.01. The number of amides is 1. The molecular formula is C20H26F3N3O4. The van der Waals surface area contributed by atoms with E-state index in [9.17, 15) is 18.0 Å². The first-order valence-corrected chi connectivity index (χ1v) is 10.0. The van der Waals surface area contributed by atoms with Crippen LogP contribution in [0.3, 0.4) is 0 Å². The molecule has 3 aliphatic rings. The van der Waals surface area contributed by atoms with E-state index >= 15 is 0 Å². The molecule has 1 aromatic rings. The molecule has 0 bridgehead atoms. The molecule has 3 atom stereocenters. The molecular weight excluding hydrogens is 403 g/mol. The summed E-state index contributed by atoms with van der Waals surface area (Å²) in [6.07, 6.45) is -0.310. The van der Waals surface area contributed by atoms with E-state index in [-0.39, 0.29) is 5.91 Å². The van der Waals surface area contributed by atoms with E-state index in [1.165, 1.54) is 0 Å². The molecule has 0 radical (unpaired) electrons. The van der Waals surface area contributed by atoms with Crippen molar-refractivity contribution in [1.82, 2.24) is 15.2 Å². The molecule has 10 heteroatoms. The van der Waals surface area contributed by atoms with Crippen molar-refractivity contribution in [2.24, 2.45) is 17.8 Å². The van der Waals surface area contributed by atoms with E-state index in [1.54, 1.807) is 0 Å². The molecule has 3 heterocycles. The maximum absolute atomic E-state index is 12.1. The highest BCUT2D eigenvalue weighted by molar-refractivity contribution is 5.76. The van der Waals surface area contributed by atoms with Gasteiger partial charge >= 0.3 is 12.1 Å². The topological polar surface area (TPSA) is 91.8 Å². The smallest absolute Gasteiger partial charge is 0.475 e. The predicted octanol–water partition coefficient (Wildman–Crippen LogP) is 2.08. The third kappa shape index (κ3) is 6.66. The number of pyridine rings is 1. The van der Waals surface area contributed by atoms with Crippen molar-refractivity contribution >= 4 is 11.9 Å². The van der Waals surface area contributed by atoms with Crippen molar-refractivity contribution in [1.29, 1.82) is 0 Å². The standard InChI is InChI=1S/C18H25N3O2.C2HF3O2/c22-18(20-15-4-5-15)7-13-11-23-12-14-8-21(10-17(13)14)9-16-3-1-2-6-19-16;3-2(4,5)1(6)7/h1-3,6,13-15,17H,4-5,7-12H2,(H,20,22);(H,6,7)/t13-,14-,17+;/m1./s1. The van der Waals surface area contributed by atoms with E-state index in [2.05, 4.69) is 21.3 Å². The highest BCUT2D eigenvalue weighted by Gasteiger charge is 2.42. The summed E-state index contributed by atoms with van der Waals surface area (Å²) >= 11 is 0. The fraction of sp³-hybridized carbons (Fsp3) is 0.650. The second-order valence-corrected chi connectivity index (χ2v) is 8.09. The third-order valence-electron chi connectivity index (χ3n) is 5.58. The molecule has 0 spiro atoms. The second kappa shape index (κ2) is 9.74. The van der Waals surface area contributed by atoms with Crippen LogP contribution in [0.15, 0.2) is 24.4 Å². The van der Waals surface area contributed by atoms with Gasteiger partial charge in [0.1, 0.15) is 0 Å². The van der Waals surface area contributed by atoms with Crippen LogP contribution in [0.2, 0.25) is 0 Å². The highest BCUT2D eigenvalue weighted by Crippen LogP contribution is 2.36. The predicted molar refractivity (Wildman–Crippen MR) is 100 cm³/mol. The van der Waals surface area contributed by atoms with E-state index in [1.807, 2.05) is 18.3 Å². The van der Waals surface area contributed by atoms with Crippen LogP contribution in [0.1, 0.15) is 25.0 Å². The average molecular weight is 429 g/mol. The van der Waals surface area contributed by atoms with Gasteiger partial charge in [0, 0.05) is 38.3 Å². The van der Waals surface area contributed by atoms with E-state index in [0.29, 0.717) is 30.2 Å². The lowest BCUT2D eigenvalue weighted by molar-refractivity contribution is -0.192. The number of hydrogen-bond donors (Lipinski definition) is 2. The summed E-state index contributed by atoms with van der Waals surface area (Å²) in [5.41, 5.74) is 1.12. The summed E-state index contributed by atoms with van der Waals surface area (Å²) in [6, 6.07) is 6.53. The Balaban J connectivity index is 0.000000318. The molecule has 1 aromatic heterocycles. The molecule has 7 nitrogen and oxygen atoms in total. The van der Waals surface area contributed by atoms with Crippen molar-refractivity contribution in [3.63, 3.8) is 0 Å². The van der Waals surface area contributed by atoms with Crippen LogP contribution >= 0.6 is 0 Å². The summed E-state index contributed by atoms with van der Waals surface area (Å²) in [7, 11) is 0. The summed E-state index contributed by atoms with van der Waals surface area (Å²) in [5, 5.41) is 10.2. The SMILES string of the molecule is O=C(C[C@@H]1COC[C@H]2CN(Cc3ccccn3)C[C@@H]12)NC1CC1.O=C(O)C(F)(F)F. The van der Waals surface area contributed by atoms with Gasteiger partial charge in [0.05, 0.1) is 18.9 Å². The number of aliphatic carboxylic acids is 1. The zero-order valence-electron chi connectivity index (χ0n) is 16.5. The Hall–Kier alpha value is -2.20. The molecule has 4 rings (SSSR count). The average Bonchev–Trinajstić information content (AvgIpc) is 3.39. The molecule has 1 aliphatic carbocycles. The number of likely N-dealkylation sites (tertiary alicyclic amines) is 1. The van der Waals surface area contributed by atoms with Gasteiger partial charge in [-0.25, -0.2) is 4.79 Å². The van der Waals surface area contributed by atoms with Gasteiger partial charge in [0.25, 0.3) is 0 Å². The maximum Gasteiger partial charge on any atom is 0.490 e. The van der Waals surface area contributed by atoms with E-state index in [4.69, 9.17) is 14.6 Å². The lowest BCUT2D eigenvalue weighted by atomic mass is 9.81. The van der Waals surface area contributed by atoms with Crippen LogP contribution in [-0.2, 0) is 20.9 Å². The van der Waals surface area contributed by atoms with Gasteiger partial charge in [-0.1, -0.05) is 6.07 Å². The molecule has 1 amide bonds. The Bertz CT molecular complexity index is 728. The van der Waals surface area contributed by atoms with Gasteiger partial charge in [-0.3, -0.25) is 14.7 Å². The monoisotopic (exact) mass is 429 g/mol.